The minimum Gasteiger partial charge on any atom is -0.368 e. The Morgan fingerprint density at radius 1 is 1.45 bits per heavy atom. The first-order valence-corrected chi connectivity index (χ1v) is 6.76. The lowest BCUT2D eigenvalue weighted by molar-refractivity contribution is -0.124. The number of H-pyrrole nitrogens is 1. The van der Waals surface area contributed by atoms with Gasteiger partial charge in [0.05, 0.1) is 10.7 Å². The molecule has 3 rings (SSSR count). The summed E-state index contributed by atoms with van der Waals surface area (Å²) in [6.45, 7) is 0.610. The zero-order valence-electron chi connectivity index (χ0n) is 10.6. The number of hydrogen-bond donors (Lipinski definition) is 2. The standard InChI is InChI=1S/C14H13ClN2O3/c15-10-7-9-8(3-4-16-13(9)18)6-11(10)17-14(19)12-2-1-5-20-12/h3-4,6-7,12H,1-2,5H2,(H,16,18)(H,17,19)/t12-/m1/s1. The predicted molar refractivity (Wildman–Crippen MR) is 77.2 cm³/mol. The molecule has 2 N–H and O–H groups in total. The number of ether oxygens (including phenoxy) is 1. The van der Waals surface area contributed by atoms with Gasteiger partial charge in [0, 0.05) is 18.2 Å². The first-order chi connectivity index (χ1) is 9.65. The molecule has 5 nitrogen and oxygen atoms in total. The Labute approximate surface area is 119 Å². The van der Waals surface area contributed by atoms with E-state index in [2.05, 4.69) is 10.3 Å². The van der Waals surface area contributed by atoms with Gasteiger partial charge in [-0.25, -0.2) is 0 Å². The summed E-state index contributed by atoms with van der Waals surface area (Å²) < 4.78 is 5.32. The van der Waals surface area contributed by atoms with Crippen LogP contribution in [0.15, 0.2) is 29.2 Å². The van der Waals surface area contributed by atoms with Crippen LogP contribution in [-0.4, -0.2) is 23.6 Å². The van der Waals surface area contributed by atoms with Crippen molar-refractivity contribution in [3.8, 4) is 0 Å². The molecule has 0 aliphatic carbocycles. The van der Waals surface area contributed by atoms with Crippen molar-refractivity contribution in [2.75, 3.05) is 11.9 Å². The molecule has 2 aromatic rings. The van der Waals surface area contributed by atoms with Gasteiger partial charge in [-0.3, -0.25) is 9.59 Å². The lowest BCUT2D eigenvalue weighted by Gasteiger charge is -2.12. The molecule has 1 fully saturated rings. The second kappa shape index (κ2) is 5.26. The molecule has 20 heavy (non-hydrogen) atoms. The summed E-state index contributed by atoms with van der Waals surface area (Å²) >= 11 is 6.12. The molecule has 0 spiro atoms. The topological polar surface area (TPSA) is 71.2 Å². The maximum absolute atomic E-state index is 12.0. The van der Waals surface area contributed by atoms with Crippen LogP contribution < -0.4 is 10.9 Å². The highest BCUT2D eigenvalue weighted by molar-refractivity contribution is 6.34. The number of anilines is 1. The predicted octanol–water partition coefficient (Wildman–Crippen LogP) is 2.30. The summed E-state index contributed by atoms with van der Waals surface area (Å²) in [5, 5.41) is 4.31. The minimum absolute atomic E-state index is 0.200. The third-order valence-electron chi connectivity index (χ3n) is 3.34. The van der Waals surface area contributed by atoms with Crippen molar-refractivity contribution < 1.29 is 9.53 Å². The second-order valence-electron chi connectivity index (χ2n) is 4.72. The number of halogens is 1. The molecule has 1 aliphatic rings. The number of aromatic amines is 1. The fraction of sp³-hybridized carbons (Fsp3) is 0.286. The summed E-state index contributed by atoms with van der Waals surface area (Å²) in [6, 6.07) is 5.01. The number of hydrogen-bond acceptors (Lipinski definition) is 3. The lowest BCUT2D eigenvalue weighted by Crippen LogP contribution is -2.27. The quantitative estimate of drug-likeness (QED) is 0.892. The molecule has 2 heterocycles. The number of aromatic nitrogens is 1. The molecule has 0 radical (unpaired) electrons. The van der Waals surface area contributed by atoms with E-state index >= 15 is 0 Å². The number of carbonyl (C=O) groups is 1. The number of pyridine rings is 1. The van der Waals surface area contributed by atoms with Crippen LogP contribution in [0.4, 0.5) is 5.69 Å². The van der Waals surface area contributed by atoms with Crippen LogP contribution in [0.3, 0.4) is 0 Å². The van der Waals surface area contributed by atoms with Crippen molar-refractivity contribution in [3.05, 3.63) is 39.8 Å². The van der Waals surface area contributed by atoms with E-state index in [1.54, 1.807) is 24.4 Å². The Bertz CT molecular complexity index is 720. The number of fused-ring (bicyclic) bond motifs is 1. The smallest absolute Gasteiger partial charge is 0.255 e. The van der Waals surface area contributed by atoms with Gasteiger partial charge in [-0.15, -0.1) is 0 Å². The van der Waals surface area contributed by atoms with E-state index in [-0.39, 0.29) is 11.5 Å². The van der Waals surface area contributed by atoms with E-state index in [1.165, 1.54) is 0 Å². The summed E-state index contributed by atoms with van der Waals surface area (Å²) in [5.41, 5.74) is 0.284. The number of benzene rings is 1. The summed E-state index contributed by atoms with van der Waals surface area (Å²) in [6.07, 6.45) is 2.75. The van der Waals surface area contributed by atoms with Gasteiger partial charge in [-0.2, -0.15) is 0 Å². The monoisotopic (exact) mass is 292 g/mol. The minimum atomic E-state index is -0.416. The molecule has 1 saturated heterocycles. The van der Waals surface area contributed by atoms with Gasteiger partial charge in [0.1, 0.15) is 6.10 Å². The van der Waals surface area contributed by atoms with Crippen molar-refractivity contribution in [1.29, 1.82) is 0 Å². The molecule has 6 heteroatoms. The SMILES string of the molecule is O=C(Nc1cc2cc[nH]c(=O)c2cc1Cl)[C@H]1CCCO1. The largest absolute Gasteiger partial charge is 0.368 e. The van der Waals surface area contributed by atoms with E-state index in [9.17, 15) is 9.59 Å². The lowest BCUT2D eigenvalue weighted by atomic mass is 10.1. The van der Waals surface area contributed by atoms with E-state index in [0.29, 0.717) is 22.7 Å². The van der Waals surface area contributed by atoms with Crippen LogP contribution in [0, 0.1) is 0 Å². The van der Waals surface area contributed by atoms with Crippen molar-refractivity contribution in [1.82, 2.24) is 4.98 Å². The highest BCUT2D eigenvalue weighted by Gasteiger charge is 2.24. The Hall–Kier alpha value is -1.85. The molecule has 1 aliphatic heterocycles. The fourth-order valence-corrected chi connectivity index (χ4v) is 2.51. The highest BCUT2D eigenvalue weighted by atomic mass is 35.5. The Kier molecular flexibility index (Phi) is 3.46. The summed E-state index contributed by atoms with van der Waals surface area (Å²) in [5.74, 6) is -0.200. The van der Waals surface area contributed by atoms with Crippen LogP contribution in [0.5, 0.6) is 0 Å². The maximum atomic E-state index is 12.0. The molecule has 1 atom stereocenters. The molecule has 0 bridgehead atoms. The van der Waals surface area contributed by atoms with Crippen LogP contribution in [-0.2, 0) is 9.53 Å². The zero-order valence-corrected chi connectivity index (χ0v) is 11.4. The number of nitrogens with one attached hydrogen (secondary N) is 2. The van der Waals surface area contributed by atoms with Gasteiger partial charge in [0.2, 0.25) is 0 Å². The molecule has 1 aromatic carbocycles. The Balaban J connectivity index is 1.93. The fourth-order valence-electron chi connectivity index (χ4n) is 2.30. The third-order valence-corrected chi connectivity index (χ3v) is 3.65. The van der Waals surface area contributed by atoms with Crippen LogP contribution in [0.1, 0.15) is 12.8 Å². The van der Waals surface area contributed by atoms with Crippen molar-refractivity contribution >= 4 is 34.0 Å². The molecular weight excluding hydrogens is 280 g/mol. The van der Waals surface area contributed by atoms with Crippen LogP contribution >= 0.6 is 11.6 Å². The second-order valence-corrected chi connectivity index (χ2v) is 5.12. The van der Waals surface area contributed by atoms with Crippen molar-refractivity contribution in [3.63, 3.8) is 0 Å². The van der Waals surface area contributed by atoms with Gasteiger partial charge < -0.3 is 15.0 Å². The van der Waals surface area contributed by atoms with Crippen molar-refractivity contribution in [2.45, 2.75) is 18.9 Å². The van der Waals surface area contributed by atoms with E-state index < -0.39 is 6.10 Å². The Morgan fingerprint density at radius 2 is 2.30 bits per heavy atom. The van der Waals surface area contributed by atoms with E-state index in [1.807, 2.05) is 0 Å². The summed E-state index contributed by atoms with van der Waals surface area (Å²) in [7, 11) is 0. The van der Waals surface area contributed by atoms with Crippen LogP contribution in [0.2, 0.25) is 5.02 Å². The molecule has 104 valence electrons. The van der Waals surface area contributed by atoms with Crippen LogP contribution in [0.25, 0.3) is 10.8 Å². The van der Waals surface area contributed by atoms with Gasteiger partial charge >= 0.3 is 0 Å². The molecule has 1 amide bonds. The average molecular weight is 293 g/mol. The summed E-state index contributed by atoms with van der Waals surface area (Å²) in [4.78, 5) is 26.2. The first-order valence-electron chi connectivity index (χ1n) is 6.38. The number of amides is 1. The molecular formula is C14H13ClN2O3. The normalized spacial score (nSPS) is 18.4. The number of rotatable bonds is 2. The first kappa shape index (κ1) is 13.1. The highest BCUT2D eigenvalue weighted by Crippen LogP contribution is 2.27. The zero-order chi connectivity index (χ0) is 14.1. The molecule has 1 aromatic heterocycles. The van der Waals surface area contributed by atoms with Gasteiger partial charge in [0.25, 0.3) is 11.5 Å². The van der Waals surface area contributed by atoms with Gasteiger partial charge in [-0.1, -0.05) is 11.6 Å². The molecule has 0 saturated carbocycles. The Morgan fingerprint density at radius 3 is 3.05 bits per heavy atom. The maximum Gasteiger partial charge on any atom is 0.255 e. The molecule has 0 unspecified atom stereocenters. The third kappa shape index (κ3) is 2.42. The number of carbonyl (C=O) groups excluding carboxylic acids is 1. The van der Waals surface area contributed by atoms with Gasteiger partial charge in [0.15, 0.2) is 0 Å². The van der Waals surface area contributed by atoms with Crippen molar-refractivity contribution in [2.24, 2.45) is 0 Å². The van der Waals surface area contributed by atoms with Gasteiger partial charge in [-0.05, 0) is 36.4 Å². The van der Waals surface area contributed by atoms with E-state index in [0.717, 1.165) is 18.2 Å². The van der Waals surface area contributed by atoms with E-state index in [4.69, 9.17) is 16.3 Å². The average Bonchev–Trinajstić information content (AvgIpc) is 2.95.